The van der Waals surface area contributed by atoms with Gasteiger partial charge in [-0.15, -0.1) is 0 Å². The van der Waals surface area contributed by atoms with Crippen molar-refractivity contribution in [1.29, 1.82) is 0 Å². The van der Waals surface area contributed by atoms with E-state index in [1.54, 1.807) is 12.1 Å². The van der Waals surface area contributed by atoms with E-state index in [9.17, 15) is 12.8 Å². The van der Waals surface area contributed by atoms with Crippen LogP contribution in [0.5, 0.6) is 5.75 Å². The van der Waals surface area contributed by atoms with Gasteiger partial charge in [-0.25, -0.2) is 12.8 Å². The molecule has 0 radical (unpaired) electrons. The van der Waals surface area contributed by atoms with Crippen molar-refractivity contribution in [2.24, 2.45) is 4.99 Å². The molecule has 0 amide bonds. The molecule has 0 aliphatic heterocycles. The number of guanidine groups is 1. The lowest BCUT2D eigenvalue weighted by atomic mass is 10.3. The molecule has 0 heterocycles. The Hall–Kier alpha value is -1.83. The van der Waals surface area contributed by atoms with Crippen molar-refractivity contribution >= 4 is 15.8 Å². The first-order valence-corrected chi connectivity index (χ1v) is 10.5. The van der Waals surface area contributed by atoms with Crippen LogP contribution in [0, 0.1) is 5.82 Å². The van der Waals surface area contributed by atoms with Crippen LogP contribution in [0.1, 0.15) is 26.7 Å². The van der Waals surface area contributed by atoms with Gasteiger partial charge in [0.25, 0.3) is 0 Å². The van der Waals surface area contributed by atoms with Crippen LogP contribution in [0.4, 0.5) is 4.39 Å². The van der Waals surface area contributed by atoms with E-state index in [1.807, 2.05) is 13.8 Å². The summed E-state index contributed by atoms with van der Waals surface area (Å²) >= 11 is 0. The lowest BCUT2D eigenvalue weighted by molar-refractivity contribution is 0.313. The number of nitrogens with zero attached hydrogens (tertiary/aromatic N) is 1. The van der Waals surface area contributed by atoms with E-state index < -0.39 is 9.84 Å². The fourth-order valence-electron chi connectivity index (χ4n) is 1.99. The number of hydrogen-bond donors (Lipinski definition) is 2. The summed E-state index contributed by atoms with van der Waals surface area (Å²) in [5.74, 6) is 1.14. The molecule has 0 saturated heterocycles. The molecule has 0 spiro atoms. The molecule has 1 aromatic rings. The smallest absolute Gasteiger partial charge is 0.191 e. The van der Waals surface area contributed by atoms with Crippen molar-refractivity contribution in [3.8, 4) is 5.75 Å². The Balaban J connectivity index is 2.35. The van der Waals surface area contributed by atoms with Gasteiger partial charge in [-0.1, -0.05) is 0 Å². The van der Waals surface area contributed by atoms with E-state index in [0.29, 0.717) is 37.7 Å². The van der Waals surface area contributed by atoms with E-state index in [1.165, 1.54) is 18.4 Å². The second kappa shape index (κ2) is 10.9. The third-order valence-electron chi connectivity index (χ3n) is 3.30. The van der Waals surface area contributed by atoms with Crippen LogP contribution >= 0.6 is 0 Å². The predicted octanol–water partition coefficient (Wildman–Crippen LogP) is 1.97. The van der Waals surface area contributed by atoms with Crippen molar-refractivity contribution in [2.45, 2.75) is 32.7 Å². The Morgan fingerprint density at radius 1 is 1.32 bits per heavy atom. The van der Waals surface area contributed by atoms with Crippen molar-refractivity contribution < 1.29 is 17.5 Å². The monoisotopic (exact) mass is 373 g/mol. The molecule has 142 valence electrons. The Kier molecular flexibility index (Phi) is 9.26. The third-order valence-corrected chi connectivity index (χ3v) is 4.28. The third kappa shape index (κ3) is 10.6. The van der Waals surface area contributed by atoms with Gasteiger partial charge in [-0.3, -0.25) is 4.99 Å². The number of sulfone groups is 1. The van der Waals surface area contributed by atoms with Crippen molar-refractivity contribution in [2.75, 3.05) is 31.7 Å². The molecule has 2 N–H and O–H groups in total. The predicted molar refractivity (Wildman–Crippen MR) is 99.4 cm³/mol. The first kappa shape index (κ1) is 21.2. The van der Waals surface area contributed by atoms with E-state index >= 15 is 0 Å². The molecule has 0 fully saturated rings. The van der Waals surface area contributed by atoms with Gasteiger partial charge in [0.15, 0.2) is 5.96 Å². The van der Waals surface area contributed by atoms with E-state index in [2.05, 4.69) is 15.6 Å². The largest absolute Gasteiger partial charge is 0.494 e. The maximum atomic E-state index is 12.8. The SMILES string of the molecule is CCNC(=NCCCOc1ccc(F)cc1)NC(C)CCS(C)(=O)=O. The molecule has 0 saturated carbocycles. The van der Waals surface area contributed by atoms with Crippen LogP contribution in [-0.4, -0.2) is 52.1 Å². The van der Waals surface area contributed by atoms with Crippen LogP contribution in [0.15, 0.2) is 29.3 Å². The molecule has 0 aromatic heterocycles. The highest BCUT2D eigenvalue weighted by atomic mass is 32.2. The summed E-state index contributed by atoms with van der Waals surface area (Å²) in [6.45, 7) is 5.66. The minimum Gasteiger partial charge on any atom is -0.494 e. The van der Waals surface area contributed by atoms with Gasteiger partial charge in [-0.05, 0) is 44.5 Å². The Labute approximate surface area is 149 Å². The number of rotatable bonds is 10. The number of aliphatic imine (C=N–C) groups is 1. The van der Waals surface area contributed by atoms with E-state index in [4.69, 9.17) is 4.74 Å². The number of nitrogens with one attached hydrogen (secondary N) is 2. The number of benzene rings is 1. The van der Waals surface area contributed by atoms with Gasteiger partial charge in [0.1, 0.15) is 21.4 Å². The fourth-order valence-corrected chi connectivity index (χ4v) is 2.77. The van der Waals surface area contributed by atoms with Gasteiger partial charge in [0.2, 0.25) is 0 Å². The Bertz CT molecular complexity index is 633. The van der Waals surface area contributed by atoms with Crippen LogP contribution in [0.25, 0.3) is 0 Å². The molecule has 25 heavy (non-hydrogen) atoms. The Morgan fingerprint density at radius 2 is 2.00 bits per heavy atom. The second-order valence-corrected chi connectivity index (χ2v) is 8.14. The number of halogens is 1. The van der Waals surface area contributed by atoms with E-state index in [0.717, 1.165) is 6.54 Å². The minimum atomic E-state index is -2.96. The first-order chi connectivity index (χ1) is 11.8. The molecule has 0 bridgehead atoms. The first-order valence-electron chi connectivity index (χ1n) is 8.41. The fraction of sp³-hybridized carbons (Fsp3) is 0.588. The molecular weight excluding hydrogens is 345 g/mol. The zero-order valence-electron chi connectivity index (χ0n) is 15.1. The van der Waals surface area contributed by atoms with Gasteiger partial charge in [0, 0.05) is 31.8 Å². The zero-order chi connectivity index (χ0) is 18.7. The quantitative estimate of drug-likeness (QED) is 0.372. The zero-order valence-corrected chi connectivity index (χ0v) is 15.9. The molecule has 1 atom stereocenters. The highest BCUT2D eigenvalue weighted by Crippen LogP contribution is 2.11. The summed E-state index contributed by atoms with van der Waals surface area (Å²) in [5.41, 5.74) is 0. The van der Waals surface area contributed by atoms with Crippen LogP contribution in [-0.2, 0) is 9.84 Å². The molecular formula is C17H28FN3O3S. The average Bonchev–Trinajstić information content (AvgIpc) is 2.54. The van der Waals surface area contributed by atoms with Crippen LogP contribution in [0.2, 0.25) is 0 Å². The van der Waals surface area contributed by atoms with Gasteiger partial charge < -0.3 is 15.4 Å². The van der Waals surface area contributed by atoms with Crippen LogP contribution < -0.4 is 15.4 Å². The lowest BCUT2D eigenvalue weighted by Gasteiger charge is -2.17. The summed E-state index contributed by atoms with van der Waals surface area (Å²) in [7, 11) is -2.96. The van der Waals surface area contributed by atoms with Crippen molar-refractivity contribution in [3.63, 3.8) is 0 Å². The van der Waals surface area contributed by atoms with Crippen LogP contribution in [0.3, 0.4) is 0 Å². The molecule has 1 unspecified atom stereocenters. The van der Waals surface area contributed by atoms with Gasteiger partial charge >= 0.3 is 0 Å². The summed E-state index contributed by atoms with van der Waals surface area (Å²) in [4.78, 5) is 4.45. The second-order valence-electron chi connectivity index (χ2n) is 5.88. The molecule has 6 nitrogen and oxygen atoms in total. The minimum absolute atomic E-state index is 0.00277. The maximum absolute atomic E-state index is 12.8. The summed E-state index contributed by atoms with van der Waals surface area (Å²) in [6, 6.07) is 5.90. The van der Waals surface area contributed by atoms with Gasteiger partial charge in [-0.2, -0.15) is 0 Å². The Morgan fingerprint density at radius 3 is 2.60 bits per heavy atom. The number of ether oxygens (including phenoxy) is 1. The van der Waals surface area contributed by atoms with Gasteiger partial charge in [0.05, 0.1) is 12.4 Å². The summed E-state index contributed by atoms with van der Waals surface area (Å²) < 4.78 is 40.7. The standard InChI is InChI=1S/C17H28FN3O3S/c1-4-19-17(21-14(2)10-13-25(3,22)23)20-11-5-12-24-16-8-6-15(18)7-9-16/h6-9,14H,4-5,10-13H2,1-3H3,(H2,19,20,21). The molecule has 0 aliphatic carbocycles. The van der Waals surface area contributed by atoms with Crippen molar-refractivity contribution in [1.82, 2.24) is 10.6 Å². The lowest BCUT2D eigenvalue weighted by Crippen LogP contribution is -2.43. The molecule has 1 aromatic carbocycles. The topological polar surface area (TPSA) is 79.8 Å². The summed E-state index contributed by atoms with van der Waals surface area (Å²) in [6.07, 6.45) is 2.47. The molecule has 8 heteroatoms. The maximum Gasteiger partial charge on any atom is 0.191 e. The molecule has 0 aliphatic rings. The average molecular weight is 373 g/mol. The van der Waals surface area contributed by atoms with E-state index in [-0.39, 0.29) is 17.6 Å². The summed E-state index contributed by atoms with van der Waals surface area (Å²) in [5, 5.41) is 6.33. The number of hydrogen-bond acceptors (Lipinski definition) is 4. The molecule has 1 rings (SSSR count). The highest BCUT2D eigenvalue weighted by Gasteiger charge is 2.09. The van der Waals surface area contributed by atoms with Crippen molar-refractivity contribution in [3.05, 3.63) is 30.1 Å². The highest BCUT2D eigenvalue weighted by molar-refractivity contribution is 7.90. The normalized spacial score (nSPS) is 13.4.